The molecule has 1 fully saturated rings. The molecule has 1 aliphatic carbocycles. The molecule has 0 radical (unpaired) electrons. The molecule has 0 bridgehead atoms. The van der Waals surface area contributed by atoms with Gasteiger partial charge in [-0.15, -0.1) is 0 Å². The third-order valence-corrected chi connectivity index (χ3v) is 4.04. The predicted octanol–water partition coefficient (Wildman–Crippen LogP) is 3.23. The molecule has 3 heteroatoms. The number of hydrogen-bond acceptors (Lipinski definition) is 2. The molecule has 3 nitrogen and oxygen atoms in total. The highest BCUT2D eigenvalue weighted by Gasteiger charge is 2.31. The number of nitrogens with one attached hydrogen (secondary N) is 1. The minimum absolute atomic E-state index is 0.0582. The number of carbonyl (C=O) groups excluding carboxylic acids is 1. The summed E-state index contributed by atoms with van der Waals surface area (Å²) in [5, 5.41) is 3.52. The Morgan fingerprint density at radius 2 is 1.89 bits per heavy atom. The van der Waals surface area contributed by atoms with Gasteiger partial charge in [0.15, 0.2) is 0 Å². The lowest BCUT2D eigenvalue weighted by Crippen LogP contribution is -2.38. The van der Waals surface area contributed by atoms with Crippen LogP contribution in [-0.2, 0) is 0 Å². The molecule has 0 spiro atoms. The van der Waals surface area contributed by atoms with Gasteiger partial charge in [-0.2, -0.15) is 0 Å². The van der Waals surface area contributed by atoms with Gasteiger partial charge in [0.2, 0.25) is 0 Å². The van der Waals surface area contributed by atoms with Crippen LogP contribution in [0.5, 0.6) is 0 Å². The lowest BCUT2D eigenvalue weighted by atomic mass is 9.73. The molecular weight excluding hydrogens is 236 g/mol. The summed E-state index contributed by atoms with van der Waals surface area (Å²) in [6, 6.07) is 8.30. The van der Waals surface area contributed by atoms with Crippen molar-refractivity contribution >= 4 is 11.6 Å². The van der Waals surface area contributed by atoms with Crippen molar-refractivity contribution in [2.75, 3.05) is 19.4 Å². The maximum atomic E-state index is 12.1. The highest BCUT2D eigenvalue weighted by molar-refractivity contribution is 5.99. The van der Waals surface area contributed by atoms with Crippen molar-refractivity contribution in [3.8, 4) is 0 Å². The second-order valence-electron chi connectivity index (χ2n) is 6.06. The molecule has 19 heavy (non-hydrogen) atoms. The van der Waals surface area contributed by atoms with E-state index in [1.807, 2.05) is 24.3 Å². The summed E-state index contributed by atoms with van der Waals surface area (Å²) in [6.45, 7) is 4.56. The Balaban J connectivity index is 2.04. The number of rotatable bonds is 4. The Hall–Kier alpha value is -1.51. The molecule has 0 heterocycles. The molecule has 0 aliphatic heterocycles. The van der Waals surface area contributed by atoms with Crippen LogP contribution >= 0.6 is 0 Å². The summed E-state index contributed by atoms with van der Waals surface area (Å²) < 4.78 is 0. The summed E-state index contributed by atoms with van der Waals surface area (Å²) in [7, 11) is 3.58. The van der Waals surface area contributed by atoms with Crippen LogP contribution in [0.15, 0.2) is 24.3 Å². The predicted molar refractivity (Wildman–Crippen MR) is 79.4 cm³/mol. The number of carbonyl (C=O) groups is 1. The molecule has 0 unspecified atom stereocenters. The van der Waals surface area contributed by atoms with Crippen molar-refractivity contribution in [1.82, 2.24) is 4.90 Å². The standard InChI is InChI=1S/C16H24N2O/c1-11(2)12-9-13(10-12)17-15-8-6-5-7-14(15)16(19)18(3)4/h5-8,11-13,17H,9-10H2,1-4H3. The molecule has 1 saturated carbocycles. The Morgan fingerprint density at radius 1 is 1.26 bits per heavy atom. The van der Waals surface area contributed by atoms with Gasteiger partial charge in [-0.3, -0.25) is 4.79 Å². The summed E-state index contributed by atoms with van der Waals surface area (Å²) in [5.41, 5.74) is 1.73. The molecule has 0 saturated heterocycles. The van der Waals surface area contributed by atoms with E-state index >= 15 is 0 Å². The van der Waals surface area contributed by atoms with Crippen molar-refractivity contribution in [2.45, 2.75) is 32.7 Å². The van der Waals surface area contributed by atoms with Gasteiger partial charge < -0.3 is 10.2 Å². The van der Waals surface area contributed by atoms with E-state index in [2.05, 4.69) is 19.2 Å². The molecule has 1 amide bonds. The van der Waals surface area contributed by atoms with E-state index in [1.54, 1.807) is 19.0 Å². The summed E-state index contributed by atoms with van der Waals surface area (Å²) in [5.74, 6) is 1.65. The van der Waals surface area contributed by atoms with E-state index in [1.165, 1.54) is 12.8 Å². The van der Waals surface area contributed by atoms with Gasteiger partial charge >= 0.3 is 0 Å². The molecule has 0 aromatic heterocycles. The average Bonchev–Trinajstić information content (AvgIpc) is 2.32. The van der Waals surface area contributed by atoms with Gasteiger partial charge in [-0.25, -0.2) is 0 Å². The lowest BCUT2D eigenvalue weighted by Gasteiger charge is -2.39. The van der Waals surface area contributed by atoms with Gasteiger partial charge in [0.25, 0.3) is 5.91 Å². The van der Waals surface area contributed by atoms with Gasteiger partial charge in [0, 0.05) is 25.8 Å². The first kappa shape index (κ1) is 13.9. The molecule has 0 atom stereocenters. The second-order valence-corrected chi connectivity index (χ2v) is 6.06. The molecular formula is C16H24N2O. The van der Waals surface area contributed by atoms with Crippen LogP contribution in [0.2, 0.25) is 0 Å². The van der Waals surface area contributed by atoms with Crippen LogP contribution in [0.25, 0.3) is 0 Å². The monoisotopic (exact) mass is 260 g/mol. The summed E-state index contributed by atoms with van der Waals surface area (Å²) in [4.78, 5) is 13.7. The van der Waals surface area contributed by atoms with E-state index < -0.39 is 0 Å². The zero-order chi connectivity index (χ0) is 14.0. The van der Waals surface area contributed by atoms with Gasteiger partial charge in [0.05, 0.1) is 5.56 Å². The summed E-state index contributed by atoms with van der Waals surface area (Å²) >= 11 is 0. The number of nitrogens with zero attached hydrogens (tertiary/aromatic N) is 1. The molecule has 2 rings (SSSR count). The van der Waals surface area contributed by atoms with Crippen molar-refractivity contribution in [2.24, 2.45) is 11.8 Å². The summed E-state index contributed by atoms with van der Waals surface area (Å²) in [6.07, 6.45) is 2.42. The molecule has 1 N–H and O–H groups in total. The largest absolute Gasteiger partial charge is 0.382 e. The SMILES string of the molecule is CC(C)C1CC(Nc2ccccc2C(=O)N(C)C)C1. The number of hydrogen-bond donors (Lipinski definition) is 1. The first-order valence-electron chi connectivity index (χ1n) is 7.06. The van der Waals surface area contributed by atoms with Crippen molar-refractivity contribution in [1.29, 1.82) is 0 Å². The normalized spacial score (nSPS) is 21.9. The van der Waals surface area contributed by atoms with Crippen LogP contribution in [0.1, 0.15) is 37.0 Å². The quantitative estimate of drug-likeness (QED) is 0.901. The van der Waals surface area contributed by atoms with Crippen molar-refractivity contribution in [3.05, 3.63) is 29.8 Å². The number of para-hydroxylation sites is 1. The van der Waals surface area contributed by atoms with Crippen LogP contribution < -0.4 is 5.32 Å². The number of benzene rings is 1. The molecule has 1 aliphatic rings. The molecule has 104 valence electrons. The Morgan fingerprint density at radius 3 is 2.47 bits per heavy atom. The van der Waals surface area contributed by atoms with Crippen LogP contribution in [-0.4, -0.2) is 30.9 Å². The van der Waals surface area contributed by atoms with Crippen LogP contribution in [0.3, 0.4) is 0 Å². The fraction of sp³-hybridized carbons (Fsp3) is 0.562. The third kappa shape index (κ3) is 3.09. The van der Waals surface area contributed by atoms with Crippen molar-refractivity contribution in [3.63, 3.8) is 0 Å². The van der Waals surface area contributed by atoms with E-state index in [0.717, 1.165) is 23.1 Å². The Labute approximate surface area is 116 Å². The van der Waals surface area contributed by atoms with E-state index in [0.29, 0.717) is 6.04 Å². The fourth-order valence-electron chi connectivity index (χ4n) is 2.58. The maximum absolute atomic E-state index is 12.1. The zero-order valence-corrected chi connectivity index (χ0v) is 12.3. The van der Waals surface area contributed by atoms with Gasteiger partial charge in [-0.05, 0) is 36.8 Å². The first-order chi connectivity index (χ1) is 8.99. The van der Waals surface area contributed by atoms with E-state index in [-0.39, 0.29) is 5.91 Å². The highest BCUT2D eigenvalue weighted by Crippen LogP contribution is 2.36. The molecule has 1 aromatic carbocycles. The molecule has 1 aromatic rings. The number of amides is 1. The smallest absolute Gasteiger partial charge is 0.255 e. The topological polar surface area (TPSA) is 32.3 Å². The van der Waals surface area contributed by atoms with Crippen molar-refractivity contribution < 1.29 is 4.79 Å². The van der Waals surface area contributed by atoms with Gasteiger partial charge in [0.1, 0.15) is 0 Å². The Kier molecular flexibility index (Phi) is 4.13. The zero-order valence-electron chi connectivity index (χ0n) is 12.3. The van der Waals surface area contributed by atoms with Crippen LogP contribution in [0, 0.1) is 11.8 Å². The Bertz CT molecular complexity index is 448. The lowest BCUT2D eigenvalue weighted by molar-refractivity contribution is 0.0828. The van der Waals surface area contributed by atoms with E-state index in [9.17, 15) is 4.79 Å². The highest BCUT2D eigenvalue weighted by atomic mass is 16.2. The van der Waals surface area contributed by atoms with Crippen LogP contribution in [0.4, 0.5) is 5.69 Å². The maximum Gasteiger partial charge on any atom is 0.255 e. The van der Waals surface area contributed by atoms with E-state index in [4.69, 9.17) is 0 Å². The number of anilines is 1. The average molecular weight is 260 g/mol. The van der Waals surface area contributed by atoms with Gasteiger partial charge in [-0.1, -0.05) is 26.0 Å². The first-order valence-corrected chi connectivity index (χ1v) is 7.06. The minimum Gasteiger partial charge on any atom is -0.382 e. The third-order valence-electron chi connectivity index (χ3n) is 4.04. The minimum atomic E-state index is 0.0582. The second kappa shape index (κ2) is 5.64. The fourth-order valence-corrected chi connectivity index (χ4v) is 2.58.